The minimum atomic E-state index is -0.319. The molecule has 0 aliphatic heterocycles. The van der Waals surface area contributed by atoms with Gasteiger partial charge in [0.15, 0.2) is 0 Å². The van der Waals surface area contributed by atoms with E-state index >= 15 is 0 Å². The predicted octanol–water partition coefficient (Wildman–Crippen LogP) is 0.814. The number of aliphatic hydroxyl groups is 1. The lowest BCUT2D eigenvalue weighted by molar-refractivity contribution is -0.496. The van der Waals surface area contributed by atoms with Crippen molar-refractivity contribution < 1.29 is 10.0 Å². The highest BCUT2D eigenvalue weighted by molar-refractivity contribution is 4.84. The summed E-state index contributed by atoms with van der Waals surface area (Å²) < 4.78 is 0. The third kappa shape index (κ3) is 2.15. The Bertz CT molecular complexity index is 171. The zero-order chi connectivity index (χ0) is 8.48. The number of nitrogens with zero attached hydrogens (tertiary/aromatic N) is 1. The van der Waals surface area contributed by atoms with Gasteiger partial charge in [-0.1, -0.05) is 6.92 Å². The van der Waals surface area contributed by atoms with Gasteiger partial charge < -0.3 is 5.11 Å². The molecule has 1 rings (SSSR count). The molecule has 1 aliphatic rings. The van der Waals surface area contributed by atoms with Crippen LogP contribution in [0.15, 0.2) is 0 Å². The van der Waals surface area contributed by atoms with E-state index in [0.29, 0.717) is 12.8 Å². The van der Waals surface area contributed by atoms with Gasteiger partial charge in [-0.3, -0.25) is 10.1 Å². The largest absolute Gasteiger partial charge is 0.393 e. The van der Waals surface area contributed by atoms with Crippen molar-refractivity contribution in [3.05, 3.63) is 10.1 Å². The third-order valence-electron chi connectivity index (χ3n) is 2.32. The van der Waals surface area contributed by atoms with Crippen LogP contribution in [0.1, 0.15) is 26.2 Å². The van der Waals surface area contributed by atoms with Gasteiger partial charge in [-0.2, -0.15) is 0 Å². The Morgan fingerprint density at radius 2 is 2.45 bits per heavy atom. The molecule has 2 unspecified atom stereocenters. The van der Waals surface area contributed by atoms with Crippen LogP contribution in [-0.4, -0.2) is 22.7 Å². The van der Waals surface area contributed by atoms with Crippen molar-refractivity contribution in [2.45, 2.75) is 32.3 Å². The quantitative estimate of drug-likeness (QED) is 0.479. The van der Waals surface area contributed by atoms with E-state index in [4.69, 9.17) is 5.11 Å². The Hall–Kier alpha value is -0.640. The molecule has 2 atom stereocenters. The molecule has 0 spiro atoms. The molecule has 0 aromatic heterocycles. The summed E-state index contributed by atoms with van der Waals surface area (Å²) in [6.07, 6.45) is 1.74. The van der Waals surface area contributed by atoms with Gasteiger partial charge in [0, 0.05) is 10.3 Å². The zero-order valence-electron chi connectivity index (χ0n) is 6.62. The lowest BCUT2D eigenvalue weighted by Crippen LogP contribution is -2.24. The second kappa shape index (κ2) is 2.77. The topological polar surface area (TPSA) is 63.4 Å². The average molecular weight is 159 g/mol. The highest BCUT2D eigenvalue weighted by Gasteiger charge is 2.38. The van der Waals surface area contributed by atoms with Gasteiger partial charge in [0.05, 0.1) is 6.10 Å². The van der Waals surface area contributed by atoms with Gasteiger partial charge in [0.2, 0.25) is 6.54 Å². The first-order valence-electron chi connectivity index (χ1n) is 3.82. The van der Waals surface area contributed by atoms with Gasteiger partial charge in [-0.05, 0) is 19.3 Å². The molecule has 0 bridgehead atoms. The van der Waals surface area contributed by atoms with Gasteiger partial charge >= 0.3 is 0 Å². The summed E-state index contributed by atoms with van der Waals surface area (Å²) in [5, 5.41) is 19.3. The van der Waals surface area contributed by atoms with Crippen LogP contribution in [0.2, 0.25) is 0 Å². The molecule has 0 heterocycles. The van der Waals surface area contributed by atoms with E-state index in [2.05, 4.69) is 0 Å². The van der Waals surface area contributed by atoms with E-state index in [1.807, 2.05) is 6.92 Å². The summed E-state index contributed by atoms with van der Waals surface area (Å²) in [5.74, 6) is 0. The number of nitro groups is 1. The molecule has 1 saturated carbocycles. The molecule has 0 amide bonds. The van der Waals surface area contributed by atoms with Crippen molar-refractivity contribution in [1.29, 1.82) is 0 Å². The van der Waals surface area contributed by atoms with E-state index in [9.17, 15) is 10.1 Å². The maximum absolute atomic E-state index is 10.2. The Morgan fingerprint density at radius 3 is 2.82 bits per heavy atom. The molecule has 4 nitrogen and oxygen atoms in total. The normalized spacial score (nSPS) is 37.5. The van der Waals surface area contributed by atoms with Crippen molar-refractivity contribution in [3.63, 3.8) is 0 Å². The van der Waals surface area contributed by atoms with Gasteiger partial charge in [0.1, 0.15) is 0 Å². The third-order valence-corrected chi connectivity index (χ3v) is 2.32. The fraction of sp³-hybridized carbons (Fsp3) is 1.00. The summed E-state index contributed by atoms with van der Waals surface area (Å²) in [5.41, 5.74) is -0.261. The summed E-state index contributed by atoms with van der Waals surface area (Å²) in [4.78, 5) is 9.90. The number of aliphatic hydroxyl groups excluding tert-OH is 1. The first kappa shape index (κ1) is 8.46. The monoisotopic (exact) mass is 159 g/mol. The van der Waals surface area contributed by atoms with Gasteiger partial charge in [-0.15, -0.1) is 0 Å². The Kier molecular flexibility index (Phi) is 2.13. The predicted molar refractivity (Wildman–Crippen MR) is 39.8 cm³/mol. The molecule has 1 fully saturated rings. The minimum Gasteiger partial charge on any atom is -0.393 e. The van der Waals surface area contributed by atoms with E-state index in [-0.39, 0.29) is 23.0 Å². The van der Waals surface area contributed by atoms with Crippen molar-refractivity contribution in [2.75, 3.05) is 6.54 Å². The molecule has 0 aromatic rings. The number of rotatable bonds is 2. The first-order chi connectivity index (χ1) is 5.02. The molecule has 1 aliphatic carbocycles. The lowest BCUT2D eigenvalue weighted by atomic mass is 9.89. The molecule has 64 valence electrons. The van der Waals surface area contributed by atoms with Crippen LogP contribution in [0, 0.1) is 15.5 Å². The van der Waals surface area contributed by atoms with E-state index in [1.165, 1.54) is 0 Å². The summed E-state index contributed by atoms with van der Waals surface area (Å²) in [7, 11) is 0. The maximum atomic E-state index is 10.2. The average Bonchev–Trinajstić information content (AvgIpc) is 2.08. The SMILES string of the molecule is CC1(C[N+](=O)[O-])CCC(O)C1. The molecule has 4 heteroatoms. The standard InChI is InChI=1S/C7H13NO3/c1-7(5-8(10)11)3-2-6(9)4-7/h6,9H,2-5H2,1H3. The van der Waals surface area contributed by atoms with Crippen LogP contribution in [0.25, 0.3) is 0 Å². The number of hydrogen-bond acceptors (Lipinski definition) is 3. The molecular formula is C7H13NO3. The van der Waals surface area contributed by atoms with Crippen molar-refractivity contribution in [2.24, 2.45) is 5.41 Å². The van der Waals surface area contributed by atoms with E-state index < -0.39 is 0 Å². The molecule has 0 radical (unpaired) electrons. The fourth-order valence-corrected chi connectivity index (χ4v) is 1.74. The van der Waals surface area contributed by atoms with Gasteiger partial charge in [0.25, 0.3) is 0 Å². The van der Waals surface area contributed by atoms with Crippen LogP contribution in [0.3, 0.4) is 0 Å². The highest BCUT2D eigenvalue weighted by Crippen LogP contribution is 2.37. The van der Waals surface area contributed by atoms with Crippen LogP contribution >= 0.6 is 0 Å². The zero-order valence-corrected chi connectivity index (χ0v) is 6.62. The Labute approximate surface area is 65.4 Å². The molecule has 0 saturated heterocycles. The molecule has 11 heavy (non-hydrogen) atoms. The molecule has 0 aromatic carbocycles. The van der Waals surface area contributed by atoms with Crippen LogP contribution in [0.5, 0.6) is 0 Å². The van der Waals surface area contributed by atoms with E-state index in [0.717, 1.165) is 6.42 Å². The van der Waals surface area contributed by atoms with Crippen molar-refractivity contribution >= 4 is 0 Å². The van der Waals surface area contributed by atoms with Crippen LogP contribution < -0.4 is 0 Å². The smallest absolute Gasteiger partial charge is 0.209 e. The minimum absolute atomic E-state index is 0.00986. The molecule has 1 N–H and O–H groups in total. The van der Waals surface area contributed by atoms with Crippen molar-refractivity contribution in [1.82, 2.24) is 0 Å². The summed E-state index contributed by atoms with van der Waals surface area (Å²) in [6.45, 7) is 1.86. The number of hydrogen-bond donors (Lipinski definition) is 1. The molecular weight excluding hydrogens is 146 g/mol. The second-order valence-corrected chi connectivity index (χ2v) is 3.70. The van der Waals surface area contributed by atoms with Crippen LogP contribution in [-0.2, 0) is 0 Å². The first-order valence-corrected chi connectivity index (χ1v) is 3.82. The Morgan fingerprint density at radius 1 is 1.82 bits per heavy atom. The van der Waals surface area contributed by atoms with Crippen molar-refractivity contribution in [3.8, 4) is 0 Å². The fourth-order valence-electron chi connectivity index (χ4n) is 1.74. The summed E-state index contributed by atoms with van der Waals surface area (Å²) in [6, 6.07) is 0. The highest BCUT2D eigenvalue weighted by atomic mass is 16.6. The van der Waals surface area contributed by atoms with Crippen LogP contribution in [0.4, 0.5) is 0 Å². The summed E-state index contributed by atoms with van der Waals surface area (Å²) >= 11 is 0. The van der Waals surface area contributed by atoms with E-state index in [1.54, 1.807) is 0 Å². The second-order valence-electron chi connectivity index (χ2n) is 3.70. The van der Waals surface area contributed by atoms with Gasteiger partial charge in [-0.25, -0.2) is 0 Å². The maximum Gasteiger partial charge on any atom is 0.209 e. The lowest BCUT2D eigenvalue weighted by Gasteiger charge is -2.16. The Balaban J connectivity index is 2.48.